The van der Waals surface area contributed by atoms with Crippen LogP contribution >= 0.6 is 23.5 Å². The van der Waals surface area contributed by atoms with Gasteiger partial charge in [0.15, 0.2) is 11.0 Å². The number of esters is 1. The summed E-state index contributed by atoms with van der Waals surface area (Å²) in [6.07, 6.45) is 0. The number of para-hydroxylation sites is 1. The average molecular weight is 587 g/mol. The summed E-state index contributed by atoms with van der Waals surface area (Å²) in [5, 5.41) is 3.80. The molecule has 2 aliphatic heterocycles. The van der Waals surface area contributed by atoms with E-state index < -0.39 is 5.97 Å². The number of Topliss-reactive ketones (excluding diaryl/α,β-unsaturated/α-hetero) is 1. The molecule has 0 saturated carbocycles. The Morgan fingerprint density at radius 2 is 1.85 bits per heavy atom. The van der Waals surface area contributed by atoms with Crippen LogP contribution in [0.1, 0.15) is 40.1 Å². The van der Waals surface area contributed by atoms with Crippen molar-refractivity contribution >= 4 is 63.4 Å². The maximum absolute atomic E-state index is 14.1. The molecule has 2 aliphatic rings. The van der Waals surface area contributed by atoms with Crippen molar-refractivity contribution in [3.63, 3.8) is 0 Å². The molecule has 0 unspecified atom stereocenters. The number of methoxy groups -OCH3 is 1. The average Bonchev–Trinajstić information content (AvgIpc) is 3.27. The number of amides is 1. The van der Waals surface area contributed by atoms with E-state index in [0.717, 1.165) is 27.5 Å². The van der Waals surface area contributed by atoms with Gasteiger partial charge in [-0.3, -0.25) is 14.5 Å². The van der Waals surface area contributed by atoms with Gasteiger partial charge < -0.3 is 15.0 Å². The third-order valence-corrected chi connectivity index (χ3v) is 8.98. The number of anilines is 2. The molecule has 210 valence electrons. The van der Waals surface area contributed by atoms with E-state index in [0.29, 0.717) is 39.2 Å². The zero-order valence-corrected chi connectivity index (χ0v) is 24.9. The first-order valence-electron chi connectivity index (χ1n) is 13.1. The standard InChI is InChI=1S/C31H30N4O4S2/c1-5-32-23-14-13-21(19(2)36)16-24(23)33-31-35(17-20-9-8-10-22(15-20)30(38)39-4)29(37)28(41-31)26-18-40-27-12-7-6-11-25(27)34(26)3/h6-16,32H,5,17-18H2,1-4H3/b28-26+,33-31?. The molecule has 1 N–H and O–H groups in total. The van der Waals surface area contributed by atoms with E-state index in [4.69, 9.17) is 9.73 Å². The van der Waals surface area contributed by atoms with Crippen LogP contribution in [0, 0.1) is 0 Å². The van der Waals surface area contributed by atoms with Gasteiger partial charge in [0.05, 0.1) is 36.3 Å². The van der Waals surface area contributed by atoms with Crippen molar-refractivity contribution in [2.45, 2.75) is 25.3 Å². The molecule has 0 radical (unpaired) electrons. The number of hydrogen-bond donors (Lipinski definition) is 1. The van der Waals surface area contributed by atoms with Gasteiger partial charge in [-0.2, -0.15) is 0 Å². The highest BCUT2D eigenvalue weighted by atomic mass is 32.2. The number of thioether (sulfide) groups is 2. The van der Waals surface area contributed by atoms with E-state index in [2.05, 4.69) is 16.3 Å². The van der Waals surface area contributed by atoms with E-state index in [9.17, 15) is 14.4 Å². The van der Waals surface area contributed by atoms with E-state index >= 15 is 0 Å². The molecule has 8 nitrogen and oxygen atoms in total. The first-order chi connectivity index (χ1) is 19.8. The topological polar surface area (TPSA) is 91.3 Å². The number of fused-ring (bicyclic) bond motifs is 1. The van der Waals surface area contributed by atoms with Gasteiger partial charge in [-0.05, 0) is 73.6 Å². The summed E-state index contributed by atoms with van der Waals surface area (Å²) < 4.78 is 4.89. The van der Waals surface area contributed by atoms with Crippen LogP contribution < -0.4 is 10.2 Å². The first-order valence-corrected chi connectivity index (χ1v) is 14.9. The number of ether oxygens (including phenoxy) is 1. The lowest BCUT2D eigenvalue weighted by molar-refractivity contribution is -0.122. The van der Waals surface area contributed by atoms with Crippen LogP contribution in [0.3, 0.4) is 0 Å². The number of rotatable bonds is 7. The van der Waals surface area contributed by atoms with Crippen LogP contribution in [-0.2, 0) is 16.1 Å². The Balaban J connectivity index is 1.60. The van der Waals surface area contributed by atoms with E-state index in [-0.39, 0.29) is 18.2 Å². The van der Waals surface area contributed by atoms with Crippen molar-refractivity contribution in [3.8, 4) is 0 Å². The van der Waals surface area contributed by atoms with Crippen LogP contribution in [0.4, 0.5) is 17.1 Å². The highest BCUT2D eigenvalue weighted by Crippen LogP contribution is 2.44. The highest BCUT2D eigenvalue weighted by Gasteiger charge is 2.38. The number of amidine groups is 1. The van der Waals surface area contributed by atoms with Crippen molar-refractivity contribution < 1.29 is 19.1 Å². The SMILES string of the molecule is CCNc1ccc(C(C)=O)cc1N=C1S/C(=C2\CSc3ccccc3N2C)C(=O)N1Cc1cccc(C(=O)OC)c1. The maximum atomic E-state index is 14.1. The van der Waals surface area contributed by atoms with Gasteiger partial charge in [0.25, 0.3) is 5.91 Å². The lowest BCUT2D eigenvalue weighted by Gasteiger charge is -2.30. The Morgan fingerprint density at radius 1 is 1.05 bits per heavy atom. The Labute approximate surface area is 247 Å². The molecule has 10 heteroatoms. The minimum Gasteiger partial charge on any atom is -0.465 e. The second-order valence-corrected chi connectivity index (χ2v) is 11.5. The van der Waals surface area contributed by atoms with Gasteiger partial charge in [0.2, 0.25) is 0 Å². The number of hydrogen-bond acceptors (Lipinski definition) is 9. The molecule has 2 heterocycles. The van der Waals surface area contributed by atoms with Crippen molar-refractivity contribution in [3.05, 3.63) is 94.0 Å². The summed E-state index contributed by atoms with van der Waals surface area (Å²) in [5.41, 5.74) is 5.01. The molecule has 41 heavy (non-hydrogen) atoms. The fourth-order valence-corrected chi connectivity index (χ4v) is 7.01. The van der Waals surface area contributed by atoms with Crippen LogP contribution in [0.5, 0.6) is 0 Å². The first kappa shape index (κ1) is 28.5. The van der Waals surface area contributed by atoms with Crippen LogP contribution in [0.15, 0.2) is 87.2 Å². The Bertz CT molecular complexity index is 1600. The van der Waals surface area contributed by atoms with E-state index in [1.165, 1.54) is 25.8 Å². The molecule has 1 amide bonds. The zero-order valence-electron chi connectivity index (χ0n) is 23.3. The number of benzene rings is 3. The van der Waals surface area contributed by atoms with Gasteiger partial charge >= 0.3 is 5.97 Å². The molecule has 0 aromatic heterocycles. The number of carbonyl (C=O) groups excluding carboxylic acids is 3. The summed E-state index contributed by atoms with van der Waals surface area (Å²) >= 11 is 3.03. The molecule has 0 aliphatic carbocycles. The minimum absolute atomic E-state index is 0.0662. The molecular weight excluding hydrogens is 556 g/mol. The maximum Gasteiger partial charge on any atom is 0.337 e. The lowest BCUT2D eigenvalue weighted by atomic mass is 10.1. The van der Waals surface area contributed by atoms with Gasteiger partial charge in [0, 0.05) is 35.5 Å². The van der Waals surface area contributed by atoms with Crippen LogP contribution in [0.2, 0.25) is 0 Å². The fourth-order valence-electron chi connectivity index (χ4n) is 4.65. The molecule has 0 spiro atoms. The van der Waals surface area contributed by atoms with E-state index in [1.54, 1.807) is 47.0 Å². The molecule has 5 rings (SSSR count). The predicted molar refractivity (Wildman–Crippen MR) is 166 cm³/mol. The van der Waals surface area contributed by atoms with Crippen LogP contribution in [0.25, 0.3) is 0 Å². The second kappa shape index (κ2) is 12.2. The molecule has 3 aromatic carbocycles. The fraction of sp³-hybridized carbons (Fsp3) is 0.226. The molecular formula is C31H30N4O4S2. The molecule has 0 bridgehead atoms. The Hall–Kier alpha value is -4.02. The molecule has 0 atom stereocenters. The van der Waals surface area contributed by atoms with Gasteiger partial charge in [0.1, 0.15) is 4.91 Å². The summed E-state index contributed by atoms with van der Waals surface area (Å²) in [6, 6.07) is 20.5. The molecule has 3 aromatic rings. The number of aliphatic imine (C=N–C) groups is 1. The number of nitrogens with zero attached hydrogens (tertiary/aromatic N) is 3. The van der Waals surface area contributed by atoms with Crippen molar-refractivity contribution in [2.24, 2.45) is 4.99 Å². The van der Waals surface area contributed by atoms with Gasteiger partial charge in [-0.25, -0.2) is 9.79 Å². The minimum atomic E-state index is -0.443. The second-order valence-electron chi connectivity index (χ2n) is 9.49. The third-order valence-electron chi connectivity index (χ3n) is 6.80. The Morgan fingerprint density at radius 3 is 2.61 bits per heavy atom. The number of carbonyl (C=O) groups is 3. The smallest absolute Gasteiger partial charge is 0.337 e. The summed E-state index contributed by atoms with van der Waals surface area (Å²) in [4.78, 5) is 48.9. The molecule has 1 saturated heterocycles. The third kappa shape index (κ3) is 5.89. The van der Waals surface area contributed by atoms with Gasteiger partial charge in [-0.15, -0.1) is 11.8 Å². The predicted octanol–water partition coefficient (Wildman–Crippen LogP) is 6.32. The van der Waals surface area contributed by atoms with Crippen LogP contribution in [-0.4, -0.2) is 54.2 Å². The largest absolute Gasteiger partial charge is 0.465 e. The number of ketones is 1. The monoisotopic (exact) mass is 586 g/mol. The Kier molecular flexibility index (Phi) is 8.51. The highest BCUT2D eigenvalue weighted by molar-refractivity contribution is 8.18. The normalized spacial score (nSPS) is 17.6. The van der Waals surface area contributed by atoms with Crippen molar-refractivity contribution in [2.75, 3.05) is 36.7 Å². The molecule has 1 fully saturated rings. The quantitative estimate of drug-likeness (QED) is 0.195. The zero-order chi connectivity index (χ0) is 29.1. The van der Waals surface area contributed by atoms with E-state index in [1.807, 2.05) is 44.3 Å². The van der Waals surface area contributed by atoms with Crippen molar-refractivity contribution in [1.82, 2.24) is 4.90 Å². The number of nitrogens with one attached hydrogen (secondary N) is 1. The van der Waals surface area contributed by atoms with Crippen molar-refractivity contribution in [1.29, 1.82) is 0 Å². The summed E-state index contributed by atoms with van der Waals surface area (Å²) in [6.45, 7) is 4.39. The summed E-state index contributed by atoms with van der Waals surface area (Å²) in [5.74, 6) is -0.0278. The van der Waals surface area contributed by atoms with Gasteiger partial charge in [-0.1, -0.05) is 24.3 Å². The lowest BCUT2D eigenvalue weighted by Crippen LogP contribution is -2.30. The summed E-state index contributed by atoms with van der Waals surface area (Å²) in [7, 11) is 3.32.